The van der Waals surface area contributed by atoms with Gasteiger partial charge in [0.2, 0.25) is 0 Å². The molecule has 0 radical (unpaired) electrons. The van der Waals surface area contributed by atoms with E-state index in [2.05, 4.69) is 0 Å². The zero-order valence-corrected chi connectivity index (χ0v) is 16.9. The number of benzene rings is 2. The van der Waals surface area contributed by atoms with Crippen LogP contribution in [0.1, 0.15) is 11.1 Å². The summed E-state index contributed by atoms with van der Waals surface area (Å²) in [5.74, 6) is 0.117. The summed E-state index contributed by atoms with van der Waals surface area (Å²) in [5.41, 5.74) is 3.21. The molecule has 1 aliphatic heterocycles. The number of hydrogen-bond donors (Lipinski definition) is 0. The molecule has 1 aliphatic rings. The second-order valence-corrected chi connectivity index (χ2v) is 6.56. The summed E-state index contributed by atoms with van der Waals surface area (Å²) in [7, 11) is 2.51. The van der Waals surface area contributed by atoms with Crippen molar-refractivity contribution in [2.24, 2.45) is 0 Å². The molecule has 0 amide bonds. The summed E-state index contributed by atoms with van der Waals surface area (Å²) in [4.78, 5) is 26.0. The molecule has 0 saturated heterocycles. The minimum atomic E-state index is -0.635. The summed E-state index contributed by atoms with van der Waals surface area (Å²) in [5, 5.41) is 0. The van der Waals surface area contributed by atoms with Gasteiger partial charge in [0.05, 0.1) is 26.4 Å². The topological polar surface area (TPSA) is 74.3 Å². The number of carbonyl (C=O) groups is 2. The number of rotatable bonds is 5. The van der Waals surface area contributed by atoms with Crippen LogP contribution in [0.3, 0.4) is 0 Å². The molecule has 0 N–H and O–H groups in total. The van der Waals surface area contributed by atoms with E-state index in [0.717, 1.165) is 11.3 Å². The van der Waals surface area contributed by atoms with Crippen molar-refractivity contribution in [3.63, 3.8) is 0 Å². The van der Waals surface area contributed by atoms with E-state index in [1.807, 2.05) is 32.0 Å². The van der Waals surface area contributed by atoms with Crippen molar-refractivity contribution < 1.29 is 28.5 Å². The van der Waals surface area contributed by atoms with Gasteiger partial charge in [0.1, 0.15) is 23.9 Å². The van der Waals surface area contributed by atoms with Gasteiger partial charge < -0.3 is 23.8 Å². The molecule has 3 rings (SSSR count). The largest absolute Gasteiger partial charge is 0.466 e. The molecule has 0 aromatic heterocycles. The first-order valence-corrected chi connectivity index (χ1v) is 9.04. The predicted octanol–water partition coefficient (Wildman–Crippen LogP) is 3.49. The molecule has 0 fully saturated rings. The molecule has 1 heterocycles. The lowest BCUT2D eigenvalue weighted by Crippen LogP contribution is -2.38. The highest BCUT2D eigenvalue weighted by Gasteiger charge is 2.32. The lowest BCUT2D eigenvalue weighted by atomic mass is 10.1. The van der Waals surface area contributed by atoms with Gasteiger partial charge in [-0.3, -0.25) is 0 Å². The fourth-order valence-electron chi connectivity index (χ4n) is 2.95. The Balaban J connectivity index is 1.88. The maximum atomic E-state index is 12.3. The summed E-state index contributed by atoms with van der Waals surface area (Å²) in [6.45, 7) is 4.15. The Labute approximate surface area is 169 Å². The Morgan fingerprint density at radius 2 is 1.55 bits per heavy atom. The molecule has 2 aromatic carbocycles. The van der Waals surface area contributed by atoms with Crippen molar-refractivity contribution in [2.45, 2.75) is 13.8 Å². The molecule has 7 nitrogen and oxygen atoms in total. The second-order valence-electron chi connectivity index (χ2n) is 6.56. The molecule has 29 heavy (non-hydrogen) atoms. The first-order chi connectivity index (χ1) is 13.9. The standard InChI is InChI=1S/C22H23NO6/c1-14-5-8-18(11-15(14)2)29-17-9-6-16(7-10-17)23-13-28-12-19(21(24)26-3)20(23)22(25)27-4/h5-11H,12-13H2,1-4H3. The Morgan fingerprint density at radius 3 is 2.17 bits per heavy atom. The average Bonchev–Trinajstić information content (AvgIpc) is 2.75. The molecule has 0 aliphatic carbocycles. The number of methoxy groups -OCH3 is 2. The third-order valence-electron chi connectivity index (χ3n) is 4.70. The van der Waals surface area contributed by atoms with Gasteiger partial charge in [0, 0.05) is 5.69 Å². The van der Waals surface area contributed by atoms with Crippen LogP contribution in [0.4, 0.5) is 5.69 Å². The van der Waals surface area contributed by atoms with Gasteiger partial charge >= 0.3 is 11.9 Å². The quantitative estimate of drug-likeness (QED) is 0.715. The Kier molecular flexibility index (Phi) is 6.19. The summed E-state index contributed by atoms with van der Waals surface area (Å²) in [6, 6.07) is 13.0. The molecule has 2 aromatic rings. The normalized spacial score (nSPS) is 13.9. The molecular weight excluding hydrogens is 374 g/mol. The number of aryl methyl sites for hydroxylation is 2. The average molecular weight is 397 g/mol. The number of nitrogens with zero attached hydrogens (tertiary/aromatic N) is 1. The number of hydrogen-bond acceptors (Lipinski definition) is 7. The number of carbonyl (C=O) groups excluding carboxylic acids is 2. The smallest absolute Gasteiger partial charge is 0.355 e. The van der Waals surface area contributed by atoms with Gasteiger partial charge in [-0.05, 0) is 61.4 Å². The van der Waals surface area contributed by atoms with Crippen molar-refractivity contribution in [3.8, 4) is 11.5 Å². The van der Waals surface area contributed by atoms with Gasteiger partial charge in [0.25, 0.3) is 0 Å². The SMILES string of the molecule is COC(=O)C1=C(C(=O)OC)N(c2ccc(Oc3ccc(C)c(C)c3)cc2)COC1. The Hall–Kier alpha value is -3.32. The molecular formula is C22H23NO6. The van der Waals surface area contributed by atoms with Crippen LogP contribution in [0.2, 0.25) is 0 Å². The first kappa shape index (κ1) is 20.4. The highest BCUT2D eigenvalue weighted by molar-refractivity contribution is 6.03. The number of esters is 2. The fraction of sp³-hybridized carbons (Fsp3) is 0.273. The van der Waals surface area contributed by atoms with Gasteiger partial charge in [-0.15, -0.1) is 0 Å². The maximum absolute atomic E-state index is 12.3. The third kappa shape index (κ3) is 4.41. The van der Waals surface area contributed by atoms with E-state index >= 15 is 0 Å². The monoisotopic (exact) mass is 397 g/mol. The van der Waals surface area contributed by atoms with Crippen molar-refractivity contribution in [2.75, 3.05) is 32.5 Å². The summed E-state index contributed by atoms with van der Waals surface area (Å²) < 4.78 is 21.0. The minimum Gasteiger partial charge on any atom is -0.466 e. The van der Waals surface area contributed by atoms with Crippen LogP contribution in [0.15, 0.2) is 53.7 Å². The van der Waals surface area contributed by atoms with Crippen LogP contribution >= 0.6 is 0 Å². The second kappa shape index (κ2) is 8.79. The van der Waals surface area contributed by atoms with E-state index in [1.54, 1.807) is 29.2 Å². The van der Waals surface area contributed by atoms with Crippen LogP contribution in [-0.2, 0) is 23.8 Å². The summed E-state index contributed by atoms with van der Waals surface area (Å²) >= 11 is 0. The predicted molar refractivity (Wildman–Crippen MR) is 107 cm³/mol. The van der Waals surface area contributed by atoms with Crippen LogP contribution in [0, 0.1) is 13.8 Å². The molecule has 0 atom stereocenters. The van der Waals surface area contributed by atoms with Crippen LogP contribution < -0.4 is 9.64 Å². The van der Waals surface area contributed by atoms with E-state index in [4.69, 9.17) is 18.9 Å². The van der Waals surface area contributed by atoms with Gasteiger partial charge in [-0.25, -0.2) is 9.59 Å². The molecule has 152 valence electrons. The first-order valence-electron chi connectivity index (χ1n) is 9.04. The summed E-state index contributed by atoms with van der Waals surface area (Å²) in [6.07, 6.45) is 0. The number of ether oxygens (including phenoxy) is 4. The van der Waals surface area contributed by atoms with E-state index in [9.17, 15) is 9.59 Å². The molecule has 0 bridgehead atoms. The lowest BCUT2D eigenvalue weighted by molar-refractivity contribution is -0.140. The molecule has 0 spiro atoms. The van der Waals surface area contributed by atoms with Crippen molar-refractivity contribution >= 4 is 17.6 Å². The van der Waals surface area contributed by atoms with Crippen molar-refractivity contribution in [3.05, 3.63) is 64.9 Å². The van der Waals surface area contributed by atoms with Crippen molar-refractivity contribution in [1.82, 2.24) is 0 Å². The minimum absolute atomic E-state index is 0.0262. The fourth-order valence-corrected chi connectivity index (χ4v) is 2.95. The molecule has 7 heteroatoms. The highest BCUT2D eigenvalue weighted by atomic mass is 16.5. The zero-order valence-electron chi connectivity index (χ0n) is 16.9. The highest BCUT2D eigenvalue weighted by Crippen LogP contribution is 2.30. The molecule has 0 unspecified atom stereocenters. The molecule has 0 saturated carbocycles. The van der Waals surface area contributed by atoms with E-state index in [1.165, 1.54) is 19.8 Å². The van der Waals surface area contributed by atoms with Crippen LogP contribution in [0.5, 0.6) is 11.5 Å². The van der Waals surface area contributed by atoms with Crippen molar-refractivity contribution in [1.29, 1.82) is 0 Å². The number of anilines is 1. The van der Waals surface area contributed by atoms with Gasteiger partial charge in [-0.2, -0.15) is 0 Å². The Morgan fingerprint density at radius 1 is 0.897 bits per heavy atom. The van der Waals surface area contributed by atoms with E-state index in [-0.39, 0.29) is 24.6 Å². The van der Waals surface area contributed by atoms with Gasteiger partial charge in [0.15, 0.2) is 0 Å². The van der Waals surface area contributed by atoms with Gasteiger partial charge in [-0.1, -0.05) is 6.07 Å². The maximum Gasteiger partial charge on any atom is 0.355 e. The van der Waals surface area contributed by atoms with Crippen LogP contribution in [0.25, 0.3) is 0 Å². The Bertz CT molecular complexity index is 948. The third-order valence-corrected chi connectivity index (χ3v) is 4.70. The lowest BCUT2D eigenvalue weighted by Gasteiger charge is -2.31. The van der Waals surface area contributed by atoms with E-state index in [0.29, 0.717) is 11.4 Å². The van der Waals surface area contributed by atoms with Crippen LogP contribution in [-0.4, -0.2) is 39.5 Å². The zero-order chi connectivity index (χ0) is 21.0. The van der Waals surface area contributed by atoms with E-state index < -0.39 is 11.9 Å².